The number of carbonyl (C=O) groups excluding carboxylic acids is 1. The molecule has 1 saturated heterocycles. The molecule has 0 aliphatic carbocycles. The maximum atomic E-state index is 12.8. The van der Waals surface area contributed by atoms with Gasteiger partial charge in [0.1, 0.15) is 0 Å². The molecule has 2 aromatic heterocycles. The molecule has 1 amide bonds. The molecular formula is C17H23N5OS. The summed E-state index contributed by atoms with van der Waals surface area (Å²) in [5, 5.41) is 11.8. The average molecular weight is 345 g/mol. The zero-order valence-corrected chi connectivity index (χ0v) is 14.8. The summed E-state index contributed by atoms with van der Waals surface area (Å²) in [5.74, 6) is 0.0897. The Labute approximate surface area is 146 Å². The van der Waals surface area contributed by atoms with Crippen LogP contribution < -0.4 is 0 Å². The Bertz CT molecular complexity index is 703. The molecule has 1 N–H and O–H groups in total. The van der Waals surface area contributed by atoms with E-state index < -0.39 is 0 Å². The van der Waals surface area contributed by atoms with Gasteiger partial charge in [-0.1, -0.05) is 0 Å². The van der Waals surface area contributed by atoms with Crippen LogP contribution >= 0.6 is 11.3 Å². The van der Waals surface area contributed by atoms with E-state index in [2.05, 4.69) is 43.9 Å². The van der Waals surface area contributed by atoms with Gasteiger partial charge in [0, 0.05) is 51.4 Å². The van der Waals surface area contributed by atoms with Crippen LogP contribution in [0.3, 0.4) is 0 Å². The van der Waals surface area contributed by atoms with E-state index in [4.69, 9.17) is 0 Å². The SMILES string of the molecule is CN1CCN(C(=O)c2n[nH]c3c2CCN(Cc2ccsc2)C3)CC1. The number of amides is 1. The van der Waals surface area contributed by atoms with E-state index in [-0.39, 0.29) is 5.91 Å². The van der Waals surface area contributed by atoms with Crippen molar-refractivity contribution in [1.82, 2.24) is 24.9 Å². The zero-order chi connectivity index (χ0) is 16.5. The van der Waals surface area contributed by atoms with Crippen LogP contribution in [0.15, 0.2) is 16.8 Å². The molecule has 0 bridgehead atoms. The predicted molar refractivity (Wildman–Crippen MR) is 94.1 cm³/mol. The van der Waals surface area contributed by atoms with E-state index in [9.17, 15) is 4.79 Å². The number of H-pyrrole nitrogens is 1. The number of piperazine rings is 1. The fraction of sp³-hybridized carbons (Fsp3) is 0.529. The maximum Gasteiger partial charge on any atom is 0.274 e. The van der Waals surface area contributed by atoms with Crippen LogP contribution in [0.25, 0.3) is 0 Å². The molecular weight excluding hydrogens is 322 g/mol. The molecule has 0 atom stereocenters. The second kappa shape index (κ2) is 6.66. The van der Waals surface area contributed by atoms with Gasteiger partial charge in [-0.15, -0.1) is 0 Å². The van der Waals surface area contributed by atoms with Gasteiger partial charge < -0.3 is 9.80 Å². The number of aromatic nitrogens is 2. The maximum absolute atomic E-state index is 12.8. The van der Waals surface area contributed by atoms with Crippen LogP contribution in [0.2, 0.25) is 0 Å². The van der Waals surface area contributed by atoms with E-state index in [0.29, 0.717) is 5.69 Å². The number of nitrogens with one attached hydrogen (secondary N) is 1. The highest BCUT2D eigenvalue weighted by Gasteiger charge is 2.29. The monoisotopic (exact) mass is 345 g/mol. The molecule has 4 rings (SSSR count). The van der Waals surface area contributed by atoms with Crippen LogP contribution in [0.5, 0.6) is 0 Å². The molecule has 4 heterocycles. The number of likely N-dealkylation sites (N-methyl/N-ethyl adjacent to an activating group) is 1. The molecule has 1 fully saturated rings. The van der Waals surface area contributed by atoms with Gasteiger partial charge in [0.05, 0.1) is 5.69 Å². The molecule has 2 aliphatic rings. The first kappa shape index (κ1) is 15.8. The number of hydrogen-bond donors (Lipinski definition) is 1. The second-order valence-corrected chi connectivity index (χ2v) is 7.50. The number of hydrogen-bond acceptors (Lipinski definition) is 5. The molecule has 0 spiro atoms. The third kappa shape index (κ3) is 3.11. The lowest BCUT2D eigenvalue weighted by Gasteiger charge is -2.32. The van der Waals surface area contributed by atoms with Crippen molar-refractivity contribution in [3.8, 4) is 0 Å². The predicted octanol–water partition coefficient (Wildman–Crippen LogP) is 1.42. The Morgan fingerprint density at radius 1 is 1.29 bits per heavy atom. The summed E-state index contributed by atoms with van der Waals surface area (Å²) in [4.78, 5) is 19.4. The summed E-state index contributed by atoms with van der Waals surface area (Å²) < 4.78 is 0. The van der Waals surface area contributed by atoms with E-state index in [0.717, 1.165) is 63.5 Å². The fourth-order valence-electron chi connectivity index (χ4n) is 3.49. The van der Waals surface area contributed by atoms with E-state index >= 15 is 0 Å². The molecule has 0 saturated carbocycles. The van der Waals surface area contributed by atoms with Crippen molar-refractivity contribution in [2.45, 2.75) is 19.5 Å². The van der Waals surface area contributed by atoms with Gasteiger partial charge in [0.25, 0.3) is 5.91 Å². The summed E-state index contributed by atoms with van der Waals surface area (Å²) in [7, 11) is 2.10. The minimum Gasteiger partial charge on any atom is -0.335 e. The first-order valence-corrected chi connectivity index (χ1v) is 9.42. The second-order valence-electron chi connectivity index (χ2n) is 6.72. The normalized spacial score (nSPS) is 19.5. The summed E-state index contributed by atoms with van der Waals surface area (Å²) >= 11 is 1.74. The number of carbonyl (C=O) groups is 1. The van der Waals surface area contributed by atoms with Crippen molar-refractivity contribution in [2.24, 2.45) is 0 Å². The van der Waals surface area contributed by atoms with Crippen LogP contribution in [0.1, 0.15) is 27.3 Å². The number of rotatable bonds is 3. The van der Waals surface area contributed by atoms with Gasteiger partial charge in [0.15, 0.2) is 5.69 Å². The Balaban J connectivity index is 1.45. The Morgan fingerprint density at radius 2 is 2.12 bits per heavy atom. The van der Waals surface area contributed by atoms with Crippen molar-refractivity contribution >= 4 is 17.2 Å². The third-order valence-corrected chi connectivity index (χ3v) is 5.72. The lowest BCUT2D eigenvalue weighted by Crippen LogP contribution is -2.47. The van der Waals surface area contributed by atoms with Gasteiger partial charge in [-0.25, -0.2) is 0 Å². The first-order valence-electron chi connectivity index (χ1n) is 8.48. The van der Waals surface area contributed by atoms with Gasteiger partial charge in [0.2, 0.25) is 0 Å². The van der Waals surface area contributed by atoms with Crippen LogP contribution in [0.4, 0.5) is 0 Å². The summed E-state index contributed by atoms with van der Waals surface area (Å²) in [5.41, 5.74) is 4.23. The molecule has 2 aromatic rings. The number of thiophene rings is 1. The lowest BCUT2D eigenvalue weighted by atomic mass is 10.0. The largest absolute Gasteiger partial charge is 0.335 e. The fourth-order valence-corrected chi connectivity index (χ4v) is 4.15. The number of fused-ring (bicyclic) bond motifs is 1. The molecule has 7 heteroatoms. The highest BCUT2D eigenvalue weighted by molar-refractivity contribution is 7.07. The minimum absolute atomic E-state index is 0.0897. The quantitative estimate of drug-likeness (QED) is 0.914. The van der Waals surface area contributed by atoms with Gasteiger partial charge >= 0.3 is 0 Å². The van der Waals surface area contributed by atoms with Crippen molar-refractivity contribution < 1.29 is 4.79 Å². The number of aromatic amines is 1. The van der Waals surface area contributed by atoms with E-state index in [1.54, 1.807) is 11.3 Å². The van der Waals surface area contributed by atoms with Gasteiger partial charge in [-0.05, 0) is 35.9 Å². The van der Waals surface area contributed by atoms with Crippen LogP contribution in [-0.4, -0.2) is 70.6 Å². The topological polar surface area (TPSA) is 55.5 Å². The van der Waals surface area contributed by atoms with Crippen molar-refractivity contribution in [3.05, 3.63) is 39.3 Å². The van der Waals surface area contributed by atoms with Crippen molar-refractivity contribution in [3.63, 3.8) is 0 Å². The average Bonchev–Trinajstić information content (AvgIpc) is 3.24. The van der Waals surface area contributed by atoms with Gasteiger partial charge in [-0.3, -0.25) is 14.8 Å². The first-order chi connectivity index (χ1) is 11.7. The molecule has 0 radical (unpaired) electrons. The standard InChI is InChI=1S/C17H23N5OS/c1-20-5-7-22(8-6-20)17(23)16-14-2-4-21(11-15(14)18-19-16)10-13-3-9-24-12-13/h3,9,12H,2,4-8,10-11H2,1H3,(H,18,19). The molecule has 6 nitrogen and oxygen atoms in total. The Hall–Kier alpha value is -1.70. The van der Waals surface area contributed by atoms with Crippen molar-refractivity contribution in [1.29, 1.82) is 0 Å². The molecule has 2 aliphatic heterocycles. The van der Waals surface area contributed by atoms with Crippen molar-refractivity contribution in [2.75, 3.05) is 39.8 Å². The number of nitrogens with zero attached hydrogens (tertiary/aromatic N) is 4. The summed E-state index contributed by atoms with van der Waals surface area (Å²) in [6, 6.07) is 2.18. The van der Waals surface area contributed by atoms with Gasteiger partial charge in [-0.2, -0.15) is 16.4 Å². The highest BCUT2D eigenvalue weighted by Crippen LogP contribution is 2.23. The Morgan fingerprint density at radius 3 is 2.88 bits per heavy atom. The van der Waals surface area contributed by atoms with Crippen LogP contribution in [-0.2, 0) is 19.5 Å². The molecule has 0 unspecified atom stereocenters. The lowest BCUT2D eigenvalue weighted by molar-refractivity contribution is 0.0656. The Kier molecular flexibility index (Phi) is 4.39. The van der Waals surface area contributed by atoms with E-state index in [1.807, 2.05) is 4.90 Å². The minimum atomic E-state index is 0.0897. The molecule has 24 heavy (non-hydrogen) atoms. The molecule has 0 aromatic carbocycles. The van der Waals surface area contributed by atoms with E-state index in [1.165, 1.54) is 5.56 Å². The summed E-state index contributed by atoms with van der Waals surface area (Å²) in [6.07, 6.45) is 0.894. The summed E-state index contributed by atoms with van der Waals surface area (Å²) in [6.45, 7) is 6.24. The highest BCUT2D eigenvalue weighted by atomic mass is 32.1. The zero-order valence-electron chi connectivity index (χ0n) is 14.0. The smallest absolute Gasteiger partial charge is 0.274 e. The van der Waals surface area contributed by atoms with Crippen LogP contribution in [0, 0.1) is 0 Å². The third-order valence-electron chi connectivity index (χ3n) is 4.99. The molecule has 128 valence electrons.